The van der Waals surface area contributed by atoms with Gasteiger partial charge in [-0.05, 0) is 17.7 Å². The lowest BCUT2D eigenvalue weighted by Gasteiger charge is -2.10. The fourth-order valence-electron chi connectivity index (χ4n) is 2.50. The molecule has 0 aliphatic rings. The molecule has 4 aromatic rings. The summed E-state index contributed by atoms with van der Waals surface area (Å²) in [5.74, 6) is 1.92. The topological polar surface area (TPSA) is 67.6 Å². The van der Waals surface area contributed by atoms with Gasteiger partial charge in [0.25, 0.3) is 0 Å². The Bertz CT molecular complexity index is 948. The van der Waals surface area contributed by atoms with Crippen molar-refractivity contribution in [2.45, 2.75) is 12.8 Å². The zero-order chi connectivity index (χ0) is 15.8. The van der Waals surface area contributed by atoms with Crippen LogP contribution < -0.4 is 0 Å². The van der Waals surface area contributed by atoms with E-state index in [4.69, 9.17) is 16.0 Å². The molecule has 1 aromatic carbocycles. The van der Waals surface area contributed by atoms with Crippen LogP contribution in [0.4, 0.5) is 0 Å². The maximum absolute atomic E-state index is 6.30. The number of nitrogens with zero attached hydrogens (tertiary/aromatic N) is 3. The number of furan rings is 1. The van der Waals surface area contributed by atoms with Crippen molar-refractivity contribution in [3.8, 4) is 11.6 Å². The van der Waals surface area contributed by atoms with Crippen molar-refractivity contribution in [1.82, 2.24) is 19.9 Å². The van der Waals surface area contributed by atoms with Crippen LogP contribution in [0.5, 0.6) is 0 Å². The van der Waals surface area contributed by atoms with Gasteiger partial charge >= 0.3 is 0 Å². The molecule has 0 spiro atoms. The van der Waals surface area contributed by atoms with E-state index in [1.807, 2.05) is 36.4 Å². The Morgan fingerprint density at radius 3 is 2.61 bits per heavy atom. The standard InChI is InChI=1S/C17H13ClN4O/c1-10(11-6-3-2-4-7-11)15-20-14(18)13-17(21-15)22-16(19-13)12-8-5-9-23-12/h2-10H,1H3,(H,19,20,21,22). The molecular weight excluding hydrogens is 312 g/mol. The van der Waals surface area contributed by atoms with Gasteiger partial charge in [-0.2, -0.15) is 0 Å². The summed E-state index contributed by atoms with van der Waals surface area (Å²) in [4.78, 5) is 16.6. The van der Waals surface area contributed by atoms with Crippen LogP contribution in [0, 0.1) is 0 Å². The van der Waals surface area contributed by atoms with Crippen molar-refractivity contribution < 1.29 is 4.42 Å². The van der Waals surface area contributed by atoms with Gasteiger partial charge in [0.05, 0.1) is 6.26 Å². The summed E-state index contributed by atoms with van der Waals surface area (Å²) in [6.07, 6.45) is 1.60. The average molecular weight is 325 g/mol. The normalized spacial score (nSPS) is 12.6. The Balaban J connectivity index is 1.81. The van der Waals surface area contributed by atoms with Gasteiger partial charge in [-0.3, -0.25) is 0 Å². The minimum atomic E-state index is 0.0356. The van der Waals surface area contributed by atoms with Crippen molar-refractivity contribution in [2.75, 3.05) is 0 Å². The Hall–Kier alpha value is -2.66. The van der Waals surface area contributed by atoms with Gasteiger partial charge in [0.1, 0.15) is 11.3 Å². The fourth-order valence-corrected chi connectivity index (χ4v) is 2.71. The van der Waals surface area contributed by atoms with Gasteiger partial charge in [-0.25, -0.2) is 15.0 Å². The second kappa shape index (κ2) is 5.52. The molecule has 5 nitrogen and oxygen atoms in total. The predicted octanol–water partition coefficient (Wildman–Crippen LogP) is 4.42. The molecule has 0 fully saturated rings. The summed E-state index contributed by atoms with van der Waals surface area (Å²) in [5.41, 5.74) is 2.28. The van der Waals surface area contributed by atoms with Crippen LogP contribution in [0.15, 0.2) is 53.1 Å². The Morgan fingerprint density at radius 2 is 1.87 bits per heavy atom. The molecule has 6 heteroatoms. The highest BCUT2D eigenvalue weighted by Gasteiger charge is 2.17. The highest BCUT2D eigenvalue weighted by Crippen LogP contribution is 2.27. The van der Waals surface area contributed by atoms with E-state index in [9.17, 15) is 0 Å². The third-order valence-corrected chi connectivity index (χ3v) is 4.02. The number of hydrogen-bond acceptors (Lipinski definition) is 4. The molecule has 0 saturated carbocycles. The molecule has 23 heavy (non-hydrogen) atoms. The van der Waals surface area contributed by atoms with Crippen LogP contribution in [0.2, 0.25) is 5.15 Å². The van der Waals surface area contributed by atoms with Crippen molar-refractivity contribution >= 4 is 22.8 Å². The molecule has 3 aromatic heterocycles. The van der Waals surface area contributed by atoms with Crippen LogP contribution in [-0.2, 0) is 0 Å². The molecule has 114 valence electrons. The summed E-state index contributed by atoms with van der Waals surface area (Å²) in [6.45, 7) is 2.05. The monoisotopic (exact) mass is 324 g/mol. The summed E-state index contributed by atoms with van der Waals surface area (Å²) >= 11 is 6.30. The first kappa shape index (κ1) is 14.0. The number of aromatic amines is 1. The molecule has 0 bridgehead atoms. The van der Waals surface area contributed by atoms with Gasteiger partial charge in [0.15, 0.2) is 22.4 Å². The summed E-state index contributed by atoms with van der Waals surface area (Å²) < 4.78 is 5.35. The summed E-state index contributed by atoms with van der Waals surface area (Å²) in [7, 11) is 0. The van der Waals surface area contributed by atoms with E-state index in [0.717, 1.165) is 5.56 Å². The quantitative estimate of drug-likeness (QED) is 0.566. The highest BCUT2D eigenvalue weighted by molar-refractivity contribution is 6.33. The van der Waals surface area contributed by atoms with Crippen LogP contribution >= 0.6 is 11.6 Å². The molecule has 3 heterocycles. The van der Waals surface area contributed by atoms with Gasteiger partial charge in [-0.15, -0.1) is 0 Å². The molecule has 0 amide bonds. The number of imidazole rings is 1. The largest absolute Gasteiger partial charge is 0.461 e. The van der Waals surface area contributed by atoms with Crippen molar-refractivity contribution in [2.24, 2.45) is 0 Å². The number of benzene rings is 1. The van der Waals surface area contributed by atoms with Gasteiger partial charge in [-0.1, -0.05) is 48.9 Å². The number of aromatic nitrogens is 4. The Kier molecular flexibility index (Phi) is 3.35. The third kappa shape index (κ3) is 2.49. The smallest absolute Gasteiger partial charge is 0.175 e. The lowest BCUT2D eigenvalue weighted by Crippen LogP contribution is -2.03. The first-order valence-electron chi connectivity index (χ1n) is 7.24. The molecule has 0 aliphatic carbocycles. The number of rotatable bonds is 3. The van der Waals surface area contributed by atoms with Crippen LogP contribution in [0.25, 0.3) is 22.7 Å². The van der Waals surface area contributed by atoms with E-state index < -0.39 is 0 Å². The van der Waals surface area contributed by atoms with Crippen LogP contribution in [-0.4, -0.2) is 19.9 Å². The fraction of sp³-hybridized carbons (Fsp3) is 0.118. The lowest BCUT2D eigenvalue weighted by atomic mass is 10.0. The zero-order valence-electron chi connectivity index (χ0n) is 12.3. The third-order valence-electron chi connectivity index (χ3n) is 3.76. The number of nitrogens with one attached hydrogen (secondary N) is 1. The Morgan fingerprint density at radius 1 is 1.04 bits per heavy atom. The predicted molar refractivity (Wildman–Crippen MR) is 88.4 cm³/mol. The van der Waals surface area contributed by atoms with Gasteiger partial charge in [0, 0.05) is 5.92 Å². The van der Waals surface area contributed by atoms with Crippen LogP contribution in [0.1, 0.15) is 24.2 Å². The molecular formula is C17H13ClN4O. The van der Waals surface area contributed by atoms with Gasteiger partial charge in [0.2, 0.25) is 0 Å². The number of halogens is 1. The molecule has 0 saturated heterocycles. The minimum absolute atomic E-state index is 0.0356. The molecule has 4 rings (SSSR count). The molecule has 0 aliphatic heterocycles. The maximum atomic E-state index is 6.30. The van der Waals surface area contributed by atoms with Crippen molar-refractivity contribution in [3.63, 3.8) is 0 Å². The molecule has 1 N–H and O–H groups in total. The first-order valence-corrected chi connectivity index (χ1v) is 7.62. The van der Waals surface area contributed by atoms with E-state index in [-0.39, 0.29) is 5.92 Å². The summed E-state index contributed by atoms with van der Waals surface area (Å²) in [6, 6.07) is 13.7. The molecule has 1 unspecified atom stereocenters. The zero-order valence-corrected chi connectivity index (χ0v) is 13.1. The maximum Gasteiger partial charge on any atom is 0.175 e. The number of fused-ring (bicyclic) bond motifs is 1. The van der Waals surface area contributed by atoms with Crippen LogP contribution in [0.3, 0.4) is 0 Å². The SMILES string of the molecule is CC(c1ccccc1)c1nc(Cl)c2nc(-c3ccco3)[nH]c2n1. The molecule has 0 radical (unpaired) electrons. The van der Waals surface area contributed by atoms with E-state index in [2.05, 4.69) is 26.9 Å². The summed E-state index contributed by atoms with van der Waals surface area (Å²) in [5, 5.41) is 0.335. The number of hydrogen-bond donors (Lipinski definition) is 1. The van der Waals surface area contributed by atoms with Crippen molar-refractivity contribution in [3.05, 3.63) is 65.3 Å². The van der Waals surface area contributed by atoms with E-state index in [1.54, 1.807) is 12.3 Å². The first-order chi connectivity index (χ1) is 11.2. The van der Waals surface area contributed by atoms with E-state index in [1.165, 1.54) is 0 Å². The second-order valence-electron chi connectivity index (χ2n) is 5.26. The minimum Gasteiger partial charge on any atom is -0.461 e. The highest BCUT2D eigenvalue weighted by atomic mass is 35.5. The Labute approximate surface area is 137 Å². The van der Waals surface area contributed by atoms with E-state index >= 15 is 0 Å². The number of H-pyrrole nitrogens is 1. The second-order valence-corrected chi connectivity index (χ2v) is 5.62. The lowest BCUT2D eigenvalue weighted by molar-refractivity contribution is 0.578. The molecule has 1 atom stereocenters. The van der Waals surface area contributed by atoms with Crippen molar-refractivity contribution in [1.29, 1.82) is 0 Å². The average Bonchev–Trinajstić information content (AvgIpc) is 3.24. The van der Waals surface area contributed by atoms with E-state index in [0.29, 0.717) is 33.7 Å². The van der Waals surface area contributed by atoms with Gasteiger partial charge < -0.3 is 9.40 Å².